The molecule has 1 aliphatic rings. The number of thioether (sulfide) groups is 1. The maximum atomic E-state index is 11.8. The number of carbonyl (C=O) groups is 1. The lowest BCUT2D eigenvalue weighted by atomic mass is 10.1. The zero-order valence-corrected chi connectivity index (χ0v) is 11.3. The summed E-state index contributed by atoms with van der Waals surface area (Å²) < 4.78 is 0. The molecule has 6 heteroatoms. The van der Waals surface area contributed by atoms with Crippen molar-refractivity contribution in [3.8, 4) is 0 Å². The van der Waals surface area contributed by atoms with Gasteiger partial charge in [0.05, 0.1) is 5.25 Å². The number of carbonyl (C=O) groups excluding carboxylic acids is 1. The standard InChI is InChI=1S/C13H17N3O2S/c14-12(16-18)10-5-3-9(4-6-10)8-15-13(17)11-2-1-7-19-11/h3-6,11,18H,1-2,7-8H2,(H2,14,16)(H,15,17). The molecule has 0 spiro atoms. The summed E-state index contributed by atoms with van der Waals surface area (Å²) in [6.07, 6.45) is 2.09. The molecule has 5 nitrogen and oxygen atoms in total. The molecule has 1 aromatic rings. The SMILES string of the molecule is NC(=NO)c1ccc(CNC(=O)C2CCCS2)cc1. The third-order valence-corrected chi connectivity index (χ3v) is 4.42. The number of amidine groups is 1. The van der Waals surface area contributed by atoms with Gasteiger partial charge in [0, 0.05) is 12.1 Å². The second-order valence-corrected chi connectivity index (χ2v) is 5.71. The fraction of sp³-hybridized carbons (Fsp3) is 0.385. The van der Waals surface area contributed by atoms with Crippen LogP contribution < -0.4 is 11.1 Å². The van der Waals surface area contributed by atoms with E-state index in [1.807, 2.05) is 12.1 Å². The van der Waals surface area contributed by atoms with Gasteiger partial charge >= 0.3 is 0 Å². The Balaban J connectivity index is 1.87. The summed E-state index contributed by atoms with van der Waals surface area (Å²) in [5.41, 5.74) is 7.12. The number of nitrogens with zero attached hydrogens (tertiary/aromatic N) is 1. The van der Waals surface area contributed by atoms with Crippen LogP contribution in [-0.2, 0) is 11.3 Å². The van der Waals surface area contributed by atoms with Gasteiger partial charge < -0.3 is 16.3 Å². The normalized spacial score (nSPS) is 19.4. The van der Waals surface area contributed by atoms with Gasteiger partial charge in [-0.15, -0.1) is 11.8 Å². The highest BCUT2D eigenvalue weighted by Crippen LogP contribution is 2.26. The number of amides is 1. The Morgan fingerprint density at radius 2 is 2.21 bits per heavy atom. The predicted octanol–water partition coefficient (Wildman–Crippen LogP) is 1.29. The highest BCUT2D eigenvalue weighted by Gasteiger charge is 2.22. The van der Waals surface area contributed by atoms with E-state index < -0.39 is 0 Å². The summed E-state index contributed by atoms with van der Waals surface area (Å²) in [5, 5.41) is 14.5. The molecule has 1 saturated heterocycles. The van der Waals surface area contributed by atoms with Crippen molar-refractivity contribution in [2.24, 2.45) is 10.9 Å². The van der Waals surface area contributed by atoms with E-state index in [9.17, 15) is 4.79 Å². The number of hydrogen-bond acceptors (Lipinski definition) is 4. The Labute approximate surface area is 116 Å². The summed E-state index contributed by atoms with van der Waals surface area (Å²) in [5.74, 6) is 1.27. The molecule has 102 valence electrons. The molecule has 0 radical (unpaired) electrons. The molecule has 1 aromatic carbocycles. The molecule has 1 amide bonds. The van der Waals surface area contributed by atoms with Crippen LogP contribution in [0.15, 0.2) is 29.4 Å². The van der Waals surface area contributed by atoms with E-state index in [4.69, 9.17) is 10.9 Å². The molecule has 0 saturated carbocycles. The maximum Gasteiger partial charge on any atom is 0.233 e. The van der Waals surface area contributed by atoms with E-state index in [0.717, 1.165) is 24.2 Å². The lowest BCUT2D eigenvalue weighted by Crippen LogP contribution is -2.30. The van der Waals surface area contributed by atoms with Crippen molar-refractivity contribution in [2.45, 2.75) is 24.6 Å². The summed E-state index contributed by atoms with van der Waals surface area (Å²) in [4.78, 5) is 11.8. The van der Waals surface area contributed by atoms with Gasteiger partial charge in [0.25, 0.3) is 0 Å². The summed E-state index contributed by atoms with van der Waals surface area (Å²) >= 11 is 1.72. The fourth-order valence-corrected chi connectivity index (χ4v) is 3.12. The van der Waals surface area contributed by atoms with Gasteiger partial charge in [0.2, 0.25) is 5.91 Å². The third-order valence-electron chi connectivity index (χ3n) is 3.05. The highest BCUT2D eigenvalue weighted by atomic mass is 32.2. The number of benzene rings is 1. The van der Waals surface area contributed by atoms with Gasteiger partial charge in [0.1, 0.15) is 0 Å². The number of hydrogen-bond donors (Lipinski definition) is 3. The number of nitrogens with two attached hydrogens (primary N) is 1. The van der Waals surface area contributed by atoms with Crippen LogP contribution in [0.3, 0.4) is 0 Å². The first-order valence-electron chi connectivity index (χ1n) is 6.17. The Hall–Kier alpha value is -1.69. The van der Waals surface area contributed by atoms with Gasteiger partial charge in [0.15, 0.2) is 5.84 Å². The van der Waals surface area contributed by atoms with Gasteiger partial charge in [-0.1, -0.05) is 29.4 Å². The molecule has 4 N–H and O–H groups in total. The lowest BCUT2D eigenvalue weighted by molar-refractivity contribution is -0.120. The number of nitrogens with one attached hydrogen (secondary N) is 1. The van der Waals surface area contributed by atoms with Crippen LogP contribution in [0.4, 0.5) is 0 Å². The zero-order valence-electron chi connectivity index (χ0n) is 10.5. The summed E-state index contributed by atoms with van der Waals surface area (Å²) in [6, 6.07) is 7.24. The van der Waals surface area contributed by atoms with Crippen LogP contribution in [-0.4, -0.2) is 28.0 Å². The minimum Gasteiger partial charge on any atom is -0.409 e. The minimum absolute atomic E-state index is 0.0814. The highest BCUT2D eigenvalue weighted by molar-refractivity contribution is 8.00. The van der Waals surface area contributed by atoms with Gasteiger partial charge in [-0.2, -0.15) is 0 Å². The average Bonchev–Trinajstić information content (AvgIpc) is 2.98. The molecule has 0 aliphatic carbocycles. The van der Waals surface area contributed by atoms with Gasteiger partial charge in [-0.3, -0.25) is 4.79 Å². The smallest absolute Gasteiger partial charge is 0.233 e. The molecular formula is C13H17N3O2S. The first-order chi connectivity index (χ1) is 9.20. The molecule has 1 aliphatic heterocycles. The zero-order chi connectivity index (χ0) is 13.7. The van der Waals surface area contributed by atoms with Crippen molar-refractivity contribution < 1.29 is 10.0 Å². The molecule has 2 rings (SSSR count). The van der Waals surface area contributed by atoms with E-state index in [2.05, 4.69) is 10.5 Å². The molecule has 1 atom stereocenters. The second kappa shape index (κ2) is 6.47. The van der Waals surface area contributed by atoms with Crippen LogP contribution >= 0.6 is 11.8 Å². The van der Waals surface area contributed by atoms with Crippen molar-refractivity contribution in [1.82, 2.24) is 5.32 Å². The average molecular weight is 279 g/mol. The van der Waals surface area contributed by atoms with E-state index >= 15 is 0 Å². The van der Waals surface area contributed by atoms with Crippen LogP contribution in [0.2, 0.25) is 0 Å². The maximum absolute atomic E-state index is 11.8. The molecule has 1 fully saturated rings. The summed E-state index contributed by atoms with van der Waals surface area (Å²) in [6.45, 7) is 0.506. The minimum atomic E-state index is 0.0814. The molecule has 0 aromatic heterocycles. The predicted molar refractivity (Wildman–Crippen MR) is 76.3 cm³/mol. The number of rotatable bonds is 4. The van der Waals surface area contributed by atoms with Gasteiger partial charge in [-0.25, -0.2) is 0 Å². The van der Waals surface area contributed by atoms with Crippen molar-refractivity contribution in [3.63, 3.8) is 0 Å². The Kier molecular flexibility index (Phi) is 4.68. The Morgan fingerprint density at radius 3 is 2.79 bits per heavy atom. The van der Waals surface area contributed by atoms with E-state index in [1.165, 1.54) is 0 Å². The number of oxime groups is 1. The fourth-order valence-electron chi connectivity index (χ4n) is 1.94. The first kappa shape index (κ1) is 13.7. The monoisotopic (exact) mass is 279 g/mol. The largest absolute Gasteiger partial charge is 0.409 e. The van der Waals surface area contributed by atoms with E-state index in [-0.39, 0.29) is 17.0 Å². The topological polar surface area (TPSA) is 87.7 Å². The van der Waals surface area contributed by atoms with Crippen molar-refractivity contribution in [2.75, 3.05) is 5.75 Å². The van der Waals surface area contributed by atoms with Gasteiger partial charge in [-0.05, 0) is 24.2 Å². The van der Waals surface area contributed by atoms with E-state index in [1.54, 1.807) is 23.9 Å². The second-order valence-electron chi connectivity index (χ2n) is 4.40. The van der Waals surface area contributed by atoms with Crippen LogP contribution in [0.25, 0.3) is 0 Å². The van der Waals surface area contributed by atoms with Crippen molar-refractivity contribution in [3.05, 3.63) is 35.4 Å². The van der Waals surface area contributed by atoms with Crippen LogP contribution in [0, 0.1) is 0 Å². The quantitative estimate of drug-likeness (QED) is 0.335. The lowest BCUT2D eigenvalue weighted by Gasteiger charge is -2.10. The Bertz CT molecular complexity index is 467. The molecule has 1 unspecified atom stereocenters. The first-order valence-corrected chi connectivity index (χ1v) is 7.21. The van der Waals surface area contributed by atoms with Crippen molar-refractivity contribution >= 4 is 23.5 Å². The van der Waals surface area contributed by atoms with E-state index in [0.29, 0.717) is 12.1 Å². The molecular weight excluding hydrogens is 262 g/mol. The van der Waals surface area contributed by atoms with Crippen molar-refractivity contribution in [1.29, 1.82) is 0 Å². The van der Waals surface area contributed by atoms with Crippen LogP contribution in [0.1, 0.15) is 24.0 Å². The molecule has 0 bridgehead atoms. The van der Waals surface area contributed by atoms with Crippen LogP contribution in [0.5, 0.6) is 0 Å². The Morgan fingerprint density at radius 1 is 1.47 bits per heavy atom. The third kappa shape index (κ3) is 3.64. The molecule has 19 heavy (non-hydrogen) atoms. The molecule has 1 heterocycles. The summed E-state index contributed by atoms with van der Waals surface area (Å²) in [7, 11) is 0.